The van der Waals surface area contributed by atoms with Crippen LogP contribution in [-0.2, 0) is 13.6 Å². The molecule has 4 heteroatoms. The summed E-state index contributed by atoms with van der Waals surface area (Å²) in [6, 6.07) is 3.84. The molecular formula is C10H12ClN3. The lowest BCUT2D eigenvalue weighted by Gasteiger charge is -2.03. The number of benzene rings is 1. The summed E-state index contributed by atoms with van der Waals surface area (Å²) in [6.07, 6.45) is 0. The van der Waals surface area contributed by atoms with Crippen molar-refractivity contribution in [1.29, 1.82) is 0 Å². The van der Waals surface area contributed by atoms with E-state index in [1.165, 1.54) is 0 Å². The number of fused-ring (bicyclic) bond motifs is 1. The summed E-state index contributed by atoms with van der Waals surface area (Å²) in [6.45, 7) is 2.42. The SMILES string of the molecule is Cc1nn(C)c2ccc(Cl)c(CN)c12. The second-order valence-electron chi connectivity index (χ2n) is 3.33. The number of nitrogens with zero attached hydrogens (tertiary/aromatic N) is 2. The van der Waals surface area contributed by atoms with Crippen LogP contribution in [0.1, 0.15) is 11.3 Å². The number of nitrogens with two attached hydrogens (primary N) is 1. The molecule has 1 aromatic heterocycles. The second-order valence-corrected chi connectivity index (χ2v) is 3.74. The van der Waals surface area contributed by atoms with E-state index < -0.39 is 0 Å². The molecule has 0 saturated carbocycles. The van der Waals surface area contributed by atoms with Gasteiger partial charge in [0.25, 0.3) is 0 Å². The first-order valence-electron chi connectivity index (χ1n) is 4.46. The Labute approximate surface area is 87.5 Å². The minimum Gasteiger partial charge on any atom is -0.326 e. The number of hydrogen-bond acceptors (Lipinski definition) is 2. The predicted molar refractivity (Wildman–Crippen MR) is 58.4 cm³/mol. The van der Waals surface area contributed by atoms with Gasteiger partial charge in [0.05, 0.1) is 11.2 Å². The van der Waals surface area contributed by atoms with Gasteiger partial charge in [0.15, 0.2) is 0 Å². The van der Waals surface area contributed by atoms with Gasteiger partial charge < -0.3 is 5.73 Å². The third kappa shape index (κ3) is 1.21. The summed E-state index contributed by atoms with van der Waals surface area (Å²) >= 11 is 6.07. The van der Waals surface area contributed by atoms with Gasteiger partial charge in [-0.25, -0.2) is 0 Å². The number of rotatable bonds is 1. The number of aryl methyl sites for hydroxylation is 2. The normalized spacial score (nSPS) is 11.1. The summed E-state index contributed by atoms with van der Waals surface area (Å²) < 4.78 is 1.85. The van der Waals surface area contributed by atoms with Crippen molar-refractivity contribution in [1.82, 2.24) is 9.78 Å². The van der Waals surface area contributed by atoms with Crippen molar-refractivity contribution in [3.8, 4) is 0 Å². The fourth-order valence-electron chi connectivity index (χ4n) is 1.81. The smallest absolute Gasteiger partial charge is 0.0686 e. The van der Waals surface area contributed by atoms with Gasteiger partial charge in [0.1, 0.15) is 0 Å². The third-order valence-electron chi connectivity index (χ3n) is 2.45. The van der Waals surface area contributed by atoms with Crippen molar-refractivity contribution >= 4 is 22.5 Å². The zero-order chi connectivity index (χ0) is 10.3. The maximum absolute atomic E-state index is 6.07. The monoisotopic (exact) mass is 209 g/mol. The lowest BCUT2D eigenvalue weighted by molar-refractivity contribution is 0.783. The van der Waals surface area contributed by atoms with Crippen molar-refractivity contribution in [2.24, 2.45) is 12.8 Å². The molecule has 14 heavy (non-hydrogen) atoms. The zero-order valence-corrected chi connectivity index (χ0v) is 8.97. The first-order valence-corrected chi connectivity index (χ1v) is 4.83. The highest BCUT2D eigenvalue weighted by molar-refractivity contribution is 6.32. The van der Waals surface area contributed by atoms with E-state index in [2.05, 4.69) is 5.10 Å². The number of hydrogen-bond donors (Lipinski definition) is 1. The standard InChI is InChI=1S/C10H12ClN3/c1-6-10-7(5-12)8(11)3-4-9(10)14(2)13-6/h3-4H,5,12H2,1-2H3. The Morgan fingerprint density at radius 1 is 1.50 bits per heavy atom. The van der Waals surface area contributed by atoms with Gasteiger partial charge in [0, 0.05) is 24.0 Å². The molecule has 0 saturated heterocycles. The summed E-state index contributed by atoms with van der Waals surface area (Å²) in [5.41, 5.74) is 8.71. The summed E-state index contributed by atoms with van der Waals surface area (Å²) in [5, 5.41) is 6.15. The Morgan fingerprint density at radius 3 is 2.86 bits per heavy atom. The van der Waals surface area contributed by atoms with Gasteiger partial charge in [0.2, 0.25) is 0 Å². The largest absolute Gasteiger partial charge is 0.326 e. The van der Waals surface area contributed by atoms with E-state index in [4.69, 9.17) is 17.3 Å². The molecule has 0 unspecified atom stereocenters. The van der Waals surface area contributed by atoms with E-state index in [1.807, 2.05) is 30.8 Å². The highest BCUT2D eigenvalue weighted by atomic mass is 35.5. The maximum Gasteiger partial charge on any atom is 0.0686 e. The summed E-state index contributed by atoms with van der Waals surface area (Å²) in [7, 11) is 1.92. The van der Waals surface area contributed by atoms with Crippen LogP contribution in [0, 0.1) is 6.92 Å². The first-order chi connectivity index (χ1) is 6.65. The van der Waals surface area contributed by atoms with Crippen LogP contribution in [0.25, 0.3) is 10.9 Å². The van der Waals surface area contributed by atoms with E-state index in [0.29, 0.717) is 6.54 Å². The zero-order valence-electron chi connectivity index (χ0n) is 8.21. The summed E-state index contributed by atoms with van der Waals surface area (Å²) in [5.74, 6) is 0. The summed E-state index contributed by atoms with van der Waals surface area (Å²) in [4.78, 5) is 0. The van der Waals surface area contributed by atoms with Crippen LogP contribution in [0.2, 0.25) is 5.02 Å². The van der Waals surface area contributed by atoms with Crippen molar-refractivity contribution in [3.63, 3.8) is 0 Å². The lowest BCUT2D eigenvalue weighted by atomic mass is 10.1. The fourth-order valence-corrected chi connectivity index (χ4v) is 2.05. The van der Waals surface area contributed by atoms with Crippen LogP contribution in [-0.4, -0.2) is 9.78 Å². The van der Waals surface area contributed by atoms with Crippen LogP contribution < -0.4 is 5.73 Å². The molecule has 0 amide bonds. The Kier molecular flexibility index (Phi) is 2.21. The van der Waals surface area contributed by atoms with Crippen molar-refractivity contribution < 1.29 is 0 Å². The molecule has 0 aliphatic carbocycles. The first kappa shape index (κ1) is 9.49. The predicted octanol–water partition coefficient (Wildman–Crippen LogP) is 1.99. The molecule has 0 aliphatic rings. The number of halogens is 1. The lowest BCUT2D eigenvalue weighted by Crippen LogP contribution is -1.98. The van der Waals surface area contributed by atoms with Crippen LogP contribution in [0.3, 0.4) is 0 Å². The molecule has 3 nitrogen and oxygen atoms in total. The minimum atomic E-state index is 0.447. The average Bonchev–Trinajstić information content (AvgIpc) is 2.43. The number of aromatic nitrogens is 2. The van der Waals surface area contributed by atoms with Crippen molar-refractivity contribution in [2.45, 2.75) is 13.5 Å². The van der Waals surface area contributed by atoms with Gasteiger partial charge in [-0.2, -0.15) is 5.10 Å². The van der Waals surface area contributed by atoms with Crippen LogP contribution in [0.4, 0.5) is 0 Å². The molecule has 2 aromatic rings. The molecule has 1 heterocycles. The molecule has 74 valence electrons. The Bertz CT molecular complexity index is 488. The molecule has 0 fully saturated rings. The highest BCUT2D eigenvalue weighted by Gasteiger charge is 2.11. The van der Waals surface area contributed by atoms with Gasteiger partial charge >= 0.3 is 0 Å². The Morgan fingerprint density at radius 2 is 2.21 bits per heavy atom. The third-order valence-corrected chi connectivity index (χ3v) is 2.80. The van der Waals surface area contributed by atoms with E-state index in [-0.39, 0.29) is 0 Å². The molecule has 0 spiro atoms. The molecule has 1 aromatic carbocycles. The van der Waals surface area contributed by atoms with Crippen LogP contribution in [0.15, 0.2) is 12.1 Å². The minimum absolute atomic E-state index is 0.447. The molecule has 0 atom stereocenters. The van der Waals surface area contributed by atoms with Crippen molar-refractivity contribution in [2.75, 3.05) is 0 Å². The Hall–Kier alpha value is -1.06. The molecular weight excluding hydrogens is 198 g/mol. The van der Waals surface area contributed by atoms with E-state index >= 15 is 0 Å². The van der Waals surface area contributed by atoms with Crippen LogP contribution in [0.5, 0.6) is 0 Å². The highest BCUT2D eigenvalue weighted by Crippen LogP contribution is 2.27. The van der Waals surface area contributed by atoms with Crippen molar-refractivity contribution in [3.05, 3.63) is 28.4 Å². The fraction of sp³-hybridized carbons (Fsp3) is 0.300. The van der Waals surface area contributed by atoms with E-state index in [9.17, 15) is 0 Å². The molecule has 2 N–H and O–H groups in total. The van der Waals surface area contributed by atoms with Gasteiger partial charge in [-0.1, -0.05) is 11.6 Å². The van der Waals surface area contributed by atoms with Gasteiger partial charge in [-0.15, -0.1) is 0 Å². The molecule has 0 aliphatic heterocycles. The van der Waals surface area contributed by atoms with Crippen LogP contribution >= 0.6 is 11.6 Å². The maximum atomic E-state index is 6.07. The van der Waals surface area contributed by atoms with Gasteiger partial charge in [-0.3, -0.25) is 4.68 Å². The van der Waals surface area contributed by atoms with Gasteiger partial charge in [-0.05, 0) is 24.6 Å². The Balaban J connectivity index is 2.92. The quantitative estimate of drug-likeness (QED) is 0.781. The van der Waals surface area contributed by atoms with E-state index in [1.54, 1.807) is 0 Å². The molecule has 0 radical (unpaired) electrons. The molecule has 2 rings (SSSR count). The average molecular weight is 210 g/mol. The topological polar surface area (TPSA) is 43.8 Å². The second kappa shape index (κ2) is 3.26. The van der Waals surface area contributed by atoms with E-state index in [0.717, 1.165) is 27.2 Å². The molecule has 0 bridgehead atoms.